The third-order valence-electron chi connectivity index (χ3n) is 3.07. The molecule has 2 aromatic carbocycles. The number of carbonyl (C=O) groups excluding carboxylic acids is 2. The third kappa shape index (κ3) is 7.29. The minimum Gasteiger partial charge on any atom is -0.457 e. The topological polar surface area (TPSA) is 71.1 Å². The smallest absolute Gasteiger partial charge is 0.333 e. The average Bonchev–Trinajstić information content (AvgIpc) is 2.70. The lowest BCUT2D eigenvalue weighted by molar-refractivity contribution is -0.145. The number of hydrogen-bond donors (Lipinski definition) is 0. The van der Waals surface area contributed by atoms with Crippen LogP contribution in [0.2, 0.25) is 0 Å². The Morgan fingerprint density at radius 1 is 0.741 bits per heavy atom. The highest BCUT2D eigenvalue weighted by atomic mass is 32.2. The van der Waals surface area contributed by atoms with Crippen LogP contribution < -0.4 is 9.47 Å². The number of ether oxygens (including phenoxy) is 4. The summed E-state index contributed by atoms with van der Waals surface area (Å²) in [6, 6.07) is 14.7. The Labute approximate surface area is 161 Å². The quantitative estimate of drug-likeness (QED) is 0.348. The van der Waals surface area contributed by atoms with Gasteiger partial charge in [-0.05, 0) is 48.5 Å². The summed E-state index contributed by atoms with van der Waals surface area (Å²) in [5.41, 5.74) is 0. The molecule has 0 aliphatic carbocycles. The van der Waals surface area contributed by atoms with E-state index in [0.717, 1.165) is 21.9 Å². The summed E-state index contributed by atoms with van der Waals surface area (Å²) in [7, 11) is 0. The molecular formula is C20H18O6S. The fourth-order valence-corrected chi connectivity index (χ4v) is 2.59. The van der Waals surface area contributed by atoms with Crippen LogP contribution in [-0.4, -0.2) is 25.5 Å². The van der Waals surface area contributed by atoms with Crippen LogP contribution in [0, 0.1) is 0 Å². The van der Waals surface area contributed by atoms with Gasteiger partial charge in [-0.25, -0.2) is 9.59 Å². The van der Waals surface area contributed by atoms with E-state index in [9.17, 15) is 9.59 Å². The fraction of sp³-hybridized carbons (Fsp3) is 0.100. The highest BCUT2D eigenvalue weighted by molar-refractivity contribution is 7.99. The highest BCUT2D eigenvalue weighted by Gasteiger charge is 2.02. The molecule has 0 bridgehead atoms. The summed E-state index contributed by atoms with van der Waals surface area (Å²) in [4.78, 5) is 23.9. The predicted molar refractivity (Wildman–Crippen MR) is 101 cm³/mol. The molecule has 0 unspecified atom stereocenters. The van der Waals surface area contributed by atoms with E-state index < -0.39 is 11.9 Å². The first-order chi connectivity index (χ1) is 13.1. The molecule has 6 nitrogen and oxygen atoms in total. The molecule has 0 spiro atoms. The van der Waals surface area contributed by atoms with Gasteiger partial charge in [-0.3, -0.25) is 0 Å². The van der Waals surface area contributed by atoms with Gasteiger partial charge < -0.3 is 18.9 Å². The van der Waals surface area contributed by atoms with Gasteiger partial charge in [0, 0.05) is 21.9 Å². The molecule has 0 atom stereocenters. The number of benzene rings is 2. The van der Waals surface area contributed by atoms with Gasteiger partial charge in [0.15, 0.2) is 0 Å². The molecule has 0 saturated carbocycles. The van der Waals surface area contributed by atoms with Crippen LogP contribution in [-0.2, 0) is 19.1 Å². The van der Waals surface area contributed by atoms with Crippen LogP contribution in [0.4, 0.5) is 0 Å². The zero-order chi connectivity index (χ0) is 19.5. The lowest BCUT2D eigenvalue weighted by atomic mass is 10.3. The van der Waals surface area contributed by atoms with Crippen molar-refractivity contribution in [2.75, 3.05) is 13.6 Å². The van der Waals surface area contributed by atoms with Gasteiger partial charge in [0.2, 0.25) is 13.6 Å². The minimum absolute atomic E-state index is 0.166. The third-order valence-corrected chi connectivity index (χ3v) is 4.09. The average molecular weight is 386 g/mol. The van der Waals surface area contributed by atoms with Gasteiger partial charge in [-0.1, -0.05) is 24.9 Å². The first-order valence-corrected chi connectivity index (χ1v) is 8.64. The molecular weight excluding hydrogens is 368 g/mol. The molecule has 0 aliphatic rings. The molecule has 2 aromatic rings. The van der Waals surface area contributed by atoms with Crippen molar-refractivity contribution in [1.29, 1.82) is 0 Å². The van der Waals surface area contributed by atoms with E-state index in [2.05, 4.69) is 13.2 Å². The zero-order valence-corrected chi connectivity index (χ0v) is 15.3. The van der Waals surface area contributed by atoms with Crippen molar-refractivity contribution in [3.63, 3.8) is 0 Å². The molecule has 0 aromatic heterocycles. The summed E-state index contributed by atoms with van der Waals surface area (Å²) >= 11 is 1.56. The van der Waals surface area contributed by atoms with Gasteiger partial charge in [-0.15, -0.1) is 0 Å². The van der Waals surface area contributed by atoms with Crippen LogP contribution >= 0.6 is 11.8 Å². The maximum Gasteiger partial charge on any atom is 0.333 e. The fourth-order valence-electron chi connectivity index (χ4n) is 1.77. The number of hydrogen-bond acceptors (Lipinski definition) is 7. The Hall–Kier alpha value is -3.19. The molecule has 7 heteroatoms. The van der Waals surface area contributed by atoms with Crippen molar-refractivity contribution in [2.24, 2.45) is 0 Å². The van der Waals surface area contributed by atoms with Crippen LogP contribution in [0.15, 0.2) is 83.6 Å². The second kappa shape index (κ2) is 10.7. The van der Waals surface area contributed by atoms with E-state index in [0.29, 0.717) is 11.5 Å². The Kier molecular flexibility index (Phi) is 7.99. The van der Waals surface area contributed by atoms with E-state index in [4.69, 9.17) is 18.9 Å². The molecule has 0 heterocycles. The van der Waals surface area contributed by atoms with Crippen molar-refractivity contribution in [3.8, 4) is 11.5 Å². The number of esters is 2. The number of carbonyl (C=O) groups is 2. The molecule has 0 amide bonds. The molecule has 140 valence electrons. The Morgan fingerprint density at radius 2 is 1.11 bits per heavy atom. The van der Waals surface area contributed by atoms with Gasteiger partial charge >= 0.3 is 11.9 Å². The lowest BCUT2D eigenvalue weighted by Gasteiger charge is -2.08. The SMILES string of the molecule is C=CC(=O)OCOc1ccc(Sc2ccc(OCOC(=O)C=C)cc2)cc1. The molecule has 0 fully saturated rings. The van der Waals surface area contributed by atoms with E-state index in [1.54, 1.807) is 36.0 Å². The van der Waals surface area contributed by atoms with E-state index in [1.807, 2.05) is 24.3 Å². The van der Waals surface area contributed by atoms with Gasteiger partial charge in [0.05, 0.1) is 0 Å². The second-order valence-corrected chi connectivity index (χ2v) is 6.05. The van der Waals surface area contributed by atoms with Gasteiger partial charge in [0.25, 0.3) is 0 Å². The van der Waals surface area contributed by atoms with E-state index in [-0.39, 0.29) is 13.6 Å². The predicted octanol–water partition coefficient (Wildman–Crippen LogP) is 3.97. The van der Waals surface area contributed by atoms with Crippen LogP contribution in [0.25, 0.3) is 0 Å². The standard InChI is InChI=1S/C20H18O6S/c1-3-19(21)25-13-23-15-5-9-17(10-6-15)27-18-11-7-16(8-12-18)24-14-26-20(22)4-2/h3-12H,1-2,13-14H2. The van der Waals surface area contributed by atoms with Crippen molar-refractivity contribution < 1.29 is 28.5 Å². The van der Waals surface area contributed by atoms with Crippen molar-refractivity contribution >= 4 is 23.7 Å². The molecule has 27 heavy (non-hydrogen) atoms. The molecule has 2 rings (SSSR count). The Bertz CT molecular complexity index is 716. The largest absolute Gasteiger partial charge is 0.457 e. The normalized spacial score (nSPS) is 9.78. The first kappa shape index (κ1) is 20.1. The van der Waals surface area contributed by atoms with Crippen molar-refractivity contribution in [2.45, 2.75) is 9.79 Å². The minimum atomic E-state index is -0.534. The monoisotopic (exact) mass is 386 g/mol. The van der Waals surface area contributed by atoms with Gasteiger partial charge in [-0.2, -0.15) is 0 Å². The molecule has 0 radical (unpaired) electrons. The maximum atomic E-state index is 10.9. The lowest BCUT2D eigenvalue weighted by Crippen LogP contribution is -2.07. The Morgan fingerprint density at radius 3 is 1.44 bits per heavy atom. The summed E-state index contributed by atoms with van der Waals surface area (Å²) < 4.78 is 20.1. The van der Waals surface area contributed by atoms with Crippen molar-refractivity contribution in [1.82, 2.24) is 0 Å². The molecule has 0 N–H and O–H groups in total. The van der Waals surface area contributed by atoms with Crippen molar-refractivity contribution in [3.05, 3.63) is 73.8 Å². The Balaban J connectivity index is 1.80. The second-order valence-electron chi connectivity index (χ2n) is 4.90. The van der Waals surface area contributed by atoms with Crippen LogP contribution in [0.1, 0.15) is 0 Å². The maximum absolute atomic E-state index is 10.9. The number of rotatable bonds is 10. The van der Waals surface area contributed by atoms with E-state index >= 15 is 0 Å². The summed E-state index contributed by atoms with van der Waals surface area (Å²) in [6.07, 6.45) is 2.15. The molecule has 0 aliphatic heterocycles. The first-order valence-electron chi connectivity index (χ1n) is 7.82. The summed E-state index contributed by atoms with van der Waals surface area (Å²) in [5.74, 6) is 0.116. The van der Waals surface area contributed by atoms with Gasteiger partial charge in [0.1, 0.15) is 11.5 Å². The van der Waals surface area contributed by atoms with Crippen LogP contribution in [0.3, 0.4) is 0 Å². The van der Waals surface area contributed by atoms with E-state index in [1.165, 1.54) is 0 Å². The van der Waals surface area contributed by atoms with Crippen LogP contribution in [0.5, 0.6) is 11.5 Å². The summed E-state index contributed by atoms with van der Waals surface area (Å²) in [5, 5.41) is 0. The summed E-state index contributed by atoms with van der Waals surface area (Å²) in [6.45, 7) is 6.28. The molecule has 0 saturated heterocycles. The highest BCUT2D eigenvalue weighted by Crippen LogP contribution is 2.30. The zero-order valence-electron chi connectivity index (χ0n) is 14.5.